The number of aromatic nitrogens is 1. The van der Waals surface area contributed by atoms with Crippen molar-refractivity contribution in [2.24, 2.45) is 5.73 Å². The number of rotatable bonds is 7. The number of anilines is 1. The SMILES string of the molecule is CCOc1cccc(NCC(N)(CC)CC)n1. The van der Waals surface area contributed by atoms with Gasteiger partial charge in [-0.05, 0) is 25.8 Å². The maximum Gasteiger partial charge on any atom is 0.215 e. The van der Waals surface area contributed by atoms with E-state index >= 15 is 0 Å². The molecule has 96 valence electrons. The predicted octanol–water partition coefficient (Wildman–Crippen LogP) is 2.41. The van der Waals surface area contributed by atoms with Crippen molar-refractivity contribution < 1.29 is 4.74 Å². The highest BCUT2D eigenvalue weighted by Crippen LogP contribution is 2.15. The van der Waals surface area contributed by atoms with Crippen LogP contribution in [-0.2, 0) is 0 Å². The summed E-state index contributed by atoms with van der Waals surface area (Å²) in [6.45, 7) is 7.51. The van der Waals surface area contributed by atoms with Gasteiger partial charge < -0.3 is 15.8 Å². The Kier molecular flexibility index (Phi) is 5.22. The summed E-state index contributed by atoms with van der Waals surface area (Å²) >= 11 is 0. The van der Waals surface area contributed by atoms with E-state index in [1.807, 2.05) is 25.1 Å². The monoisotopic (exact) mass is 237 g/mol. The van der Waals surface area contributed by atoms with E-state index in [0.717, 1.165) is 25.2 Å². The lowest BCUT2D eigenvalue weighted by Gasteiger charge is -2.27. The van der Waals surface area contributed by atoms with Crippen molar-refractivity contribution in [3.8, 4) is 5.88 Å². The van der Waals surface area contributed by atoms with Crippen LogP contribution in [0.1, 0.15) is 33.6 Å². The maximum atomic E-state index is 6.22. The van der Waals surface area contributed by atoms with Crippen molar-refractivity contribution in [3.63, 3.8) is 0 Å². The van der Waals surface area contributed by atoms with Crippen LogP contribution in [-0.4, -0.2) is 23.7 Å². The summed E-state index contributed by atoms with van der Waals surface area (Å²) in [7, 11) is 0. The summed E-state index contributed by atoms with van der Waals surface area (Å²) in [5, 5.41) is 3.27. The summed E-state index contributed by atoms with van der Waals surface area (Å²) in [6.07, 6.45) is 1.89. The van der Waals surface area contributed by atoms with E-state index in [-0.39, 0.29) is 5.54 Å². The minimum Gasteiger partial charge on any atom is -0.478 e. The zero-order valence-corrected chi connectivity index (χ0v) is 11.0. The second-order valence-corrected chi connectivity index (χ2v) is 4.22. The molecule has 0 radical (unpaired) electrons. The first-order valence-corrected chi connectivity index (χ1v) is 6.26. The fourth-order valence-electron chi connectivity index (χ4n) is 1.51. The Hall–Kier alpha value is -1.29. The summed E-state index contributed by atoms with van der Waals surface area (Å²) in [5.41, 5.74) is 6.06. The lowest BCUT2D eigenvalue weighted by molar-refractivity contribution is 0.327. The first-order chi connectivity index (χ1) is 8.13. The lowest BCUT2D eigenvalue weighted by Crippen LogP contribution is -2.45. The van der Waals surface area contributed by atoms with E-state index in [4.69, 9.17) is 10.5 Å². The van der Waals surface area contributed by atoms with Crippen molar-refractivity contribution in [1.82, 2.24) is 4.98 Å². The minimum absolute atomic E-state index is 0.163. The minimum atomic E-state index is -0.163. The predicted molar refractivity (Wildman–Crippen MR) is 71.4 cm³/mol. The fraction of sp³-hybridized carbons (Fsp3) is 0.615. The van der Waals surface area contributed by atoms with Crippen LogP contribution in [0.5, 0.6) is 5.88 Å². The van der Waals surface area contributed by atoms with Crippen LogP contribution >= 0.6 is 0 Å². The first-order valence-electron chi connectivity index (χ1n) is 6.26. The van der Waals surface area contributed by atoms with E-state index in [1.165, 1.54) is 0 Å². The molecule has 1 aromatic heterocycles. The number of hydrogen-bond acceptors (Lipinski definition) is 4. The van der Waals surface area contributed by atoms with Crippen molar-refractivity contribution >= 4 is 5.82 Å². The van der Waals surface area contributed by atoms with Crippen LogP contribution in [0.15, 0.2) is 18.2 Å². The number of nitrogens with two attached hydrogens (primary N) is 1. The molecule has 0 atom stereocenters. The standard InChI is InChI=1S/C13H23N3O/c1-4-13(14,5-2)10-15-11-8-7-9-12(16-11)17-6-3/h7-9H,4-6,10,14H2,1-3H3,(H,15,16). The van der Waals surface area contributed by atoms with Crippen LogP contribution < -0.4 is 15.8 Å². The Balaban J connectivity index is 2.59. The van der Waals surface area contributed by atoms with E-state index < -0.39 is 0 Å². The normalized spacial score (nSPS) is 11.3. The Morgan fingerprint density at radius 2 is 2.00 bits per heavy atom. The van der Waals surface area contributed by atoms with E-state index in [9.17, 15) is 0 Å². The highest BCUT2D eigenvalue weighted by Gasteiger charge is 2.19. The molecule has 0 saturated heterocycles. The first kappa shape index (κ1) is 13.8. The van der Waals surface area contributed by atoms with Gasteiger partial charge in [-0.15, -0.1) is 0 Å². The highest BCUT2D eigenvalue weighted by molar-refractivity contribution is 5.37. The number of hydrogen-bond donors (Lipinski definition) is 2. The second-order valence-electron chi connectivity index (χ2n) is 4.22. The largest absolute Gasteiger partial charge is 0.478 e. The van der Waals surface area contributed by atoms with E-state index in [2.05, 4.69) is 24.1 Å². The van der Waals surface area contributed by atoms with Gasteiger partial charge in [0.2, 0.25) is 5.88 Å². The Labute approximate surface area is 104 Å². The molecule has 0 amide bonds. The zero-order valence-electron chi connectivity index (χ0n) is 11.0. The molecule has 0 aliphatic rings. The van der Waals surface area contributed by atoms with Gasteiger partial charge in [0.15, 0.2) is 0 Å². The van der Waals surface area contributed by atoms with Crippen LogP contribution in [0.2, 0.25) is 0 Å². The Bertz CT molecular complexity index is 337. The number of ether oxygens (including phenoxy) is 1. The average molecular weight is 237 g/mol. The molecule has 0 aliphatic heterocycles. The van der Waals surface area contributed by atoms with Crippen LogP contribution in [0.3, 0.4) is 0 Å². The van der Waals surface area contributed by atoms with Crippen LogP contribution in [0, 0.1) is 0 Å². The van der Waals surface area contributed by atoms with Gasteiger partial charge >= 0.3 is 0 Å². The molecular formula is C13H23N3O. The summed E-state index contributed by atoms with van der Waals surface area (Å²) in [4.78, 5) is 4.35. The van der Waals surface area contributed by atoms with Crippen molar-refractivity contribution in [1.29, 1.82) is 0 Å². The second kappa shape index (κ2) is 6.45. The Morgan fingerprint density at radius 3 is 2.59 bits per heavy atom. The van der Waals surface area contributed by atoms with Crippen molar-refractivity contribution in [2.45, 2.75) is 39.2 Å². The molecule has 1 aromatic rings. The average Bonchev–Trinajstić information content (AvgIpc) is 2.37. The molecule has 1 rings (SSSR count). The van der Waals surface area contributed by atoms with E-state index in [1.54, 1.807) is 0 Å². The fourth-order valence-corrected chi connectivity index (χ4v) is 1.51. The van der Waals surface area contributed by atoms with Gasteiger partial charge in [0.1, 0.15) is 5.82 Å². The van der Waals surface area contributed by atoms with Crippen LogP contribution in [0.4, 0.5) is 5.82 Å². The zero-order chi connectivity index (χ0) is 12.7. The molecule has 0 bridgehead atoms. The molecule has 0 fully saturated rings. The summed E-state index contributed by atoms with van der Waals surface area (Å²) in [6, 6.07) is 5.70. The molecule has 0 aliphatic carbocycles. The molecule has 4 heteroatoms. The molecule has 17 heavy (non-hydrogen) atoms. The van der Waals surface area contributed by atoms with Gasteiger partial charge in [-0.2, -0.15) is 4.98 Å². The maximum absolute atomic E-state index is 6.22. The number of nitrogens with one attached hydrogen (secondary N) is 1. The number of nitrogens with zero attached hydrogens (tertiary/aromatic N) is 1. The van der Waals surface area contributed by atoms with Crippen molar-refractivity contribution in [3.05, 3.63) is 18.2 Å². The quantitative estimate of drug-likeness (QED) is 0.764. The molecule has 0 unspecified atom stereocenters. The van der Waals surface area contributed by atoms with Gasteiger partial charge in [-0.1, -0.05) is 19.9 Å². The summed E-state index contributed by atoms with van der Waals surface area (Å²) in [5.74, 6) is 1.46. The van der Waals surface area contributed by atoms with E-state index in [0.29, 0.717) is 12.5 Å². The van der Waals surface area contributed by atoms with Crippen LogP contribution in [0.25, 0.3) is 0 Å². The van der Waals surface area contributed by atoms with Crippen molar-refractivity contribution in [2.75, 3.05) is 18.5 Å². The molecule has 3 N–H and O–H groups in total. The Morgan fingerprint density at radius 1 is 1.29 bits per heavy atom. The third-order valence-electron chi connectivity index (χ3n) is 3.05. The van der Waals surface area contributed by atoms with Gasteiger partial charge in [0.25, 0.3) is 0 Å². The highest BCUT2D eigenvalue weighted by atomic mass is 16.5. The molecule has 4 nitrogen and oxygen atoms in total. The molecule has 0 spiro atoms. The van der Waals surface area contributed by atoms with Gasteiger partial charge in [-0.3, -0.25) is 0 Å². The summed E-state index contributed by atoms with van der Waals surface area (Å²) < 4.78 is 5.35. The number of pyridine rings is 1. The third-order valence-corrected chi connectivity index (χ3v) is 3.05. The third kappa shape index (κ3) is 4.23. The van der Waals surface area contributed by atoms with Gasteiger partial charge in [0, 0.05) is 18.2 Å². The molecule has 0 aromatic carbocycles. The van der Waals surface area contributed by atoms with Gasteiger partial charge in [-0.25, -0.2) is 0 Å². The smallest absolute Gasteiger partial charge is 0.215 e. The molecule has 0 saturated carbocycles. The lowest BCUT2D eigenvalue weighted by atomic mass is 9.94. The molecular weight excluding hydrogens is 214 g/mol. The van der Waals surface area contributed by atoms with Gasteiger partial charge in [0.05, 0.1) is 6.61 Å². The topological polar surface area (TPSA) is 60.2 Å². The molecule has 1 heterocycles.